The van der Waals surface area contributed by atoms with Gasteiger partial charge in [0.1, 0.15) is 11.4 Å². The molecule has 0 saturated carbocycles. The number of nitriles is 1. The van der Waals surface area contributed by atoms with E-state index in [1.165, 1.54) is 7.11 Å². The molecular weight excluding hydrogens is 270 g/mol. The molecule has 108 valence electrons. The van der Waals surface area contributed by atoms with Crippen molar-refractivity contribution in [3.63, 3.8) is 0 Å². The van der Waals surface area contributed by atoms with Crippen LogP contribution in [0.25, 0.3) is 0 Å². The van der Waals surface area contributed by atoms with E-state index < -0.39 is 5.97 Å². The molecular formula is C15H15N3O3. The van der Waals surface area contributed by atoms with Gasteiger partial charge in [0.15, 0.2) is 0 Å². The normalized spacial score (nSPS) is 9.95. The third kappa shape index (κ3) is 2.98. The van der Waals surface area contributed by atoms with E-state index in [1.54, 1.807) is 42.1 Å². The summed E-state index contributed by atoms with van der Waals surface area (Å²) in [5.41, 5.74) is 7.84. The third-order valence-corrected chi connectivity index (χ3v) is 3.06. The average molecular weight is 285 g/mol. The van der Waals surface area contributed by atoms with Gasteiger partial charge in [-0.05, 0) is 24.3 Å². The fraction of sp³-hybridized carbons (Fsp3) is 0.200. The number of nitrogen functional groups attached to an aromatic ring is 1. The zero-order chi connectivity index (χ0) is 15.4. The van der Waals surface area contributed by atoms with Gasteiger partial charge in [-0.15, -0.1) is 0 Å². The SMILES string of the molecule is COC(=O)c1cc(N)cn1Cc1cc(C#N)ccc1OC. The maximum Gasteiger partial charge on any atom is 0.354 e. The molecule has 2 N–H and O–H groups in total. The second-order valence-electron chi connectivity index (χ2n) is 4.42. The highest BCUT2D eigenvalue weighted by atomic mass is 16.5. The van der Waals surface area contributed by atoms with Crippen molar-refractivity contribution >= 4 is 11.7 Å². The van der Waals surface area contributed by atoms with Gasteiger partial charge in [-0.25, -0.2) is 4.79 Å². The van der Waals surface area contributed by atoms with Crippen LogP contribution in [0.15, 0.2) is 30.5 Å². The van der Waals surface area contributed by atoms with Crippen molar-refractivity contribution in [1.82, 2.24) is 4.57 Å². The van der Waals surface area contributed by atoms with Crippen molar-refractivity contribution in [1.29, 1.82) is 5.26 Å². The van der Waals surface area contributed by atoms with E-state index in [0.717, 1.165) is 5.56 Å². The predicted octanol–water partition coefficient (Wildman–Crippen LogP) is 1.79. The van der Waals surface area contributed by atoms with Crippen molar-refractivity contribution in [2.45, 2.75) is 6.54 Å². The van der Waals surface area contributed by atoms with Crippen molar-refractivity contribution in [3.05, 3.63) is 47.3 Å². The zero-order valence-corrected chi connectivity index (χ0v) is 11.8. The summed E-state index contributed by atoms with van der Waals surface area (Å²) >= 11 is 0. The number of nitrogens with zero attached hydrogens (tertiary/aromatic N) is 2. The van der Waals surface area contributed by atoms with Gasteiger partial charge in [-0.2, -0.15) is 5.26 Å². The van der Waals surface area contributed by atoms with Gasteiger partial charge in [0.05, 0.1) is 38.1 Å². The maximum absolute atomic E-state index is 11.7. The second kappa shape index (κ2) is 6.01. The molecule has 0 amide bonds. The highest BCUT2D eigenvalue weighted by Gasteiger charge is 2.15. The first kappa shape index (κ1) is 14.5. The number of nitrogens with two attached hydrogens (primary N) is 1. The molecule has 0 fully saturated rings. The topological polar surface area (TPSA) is 90.3 Å². The highest BCUT2D eigenvalue weighted by molar-refractivity contribution is 5.89. The molecule has 6 heteroatoms. The molecule has 0 aliphatic carbocycles. The maximum atomic E-state index is 11.7. The van der Waals surface area contributed by atoms with Crippen molar-refractivity contribution < 1.29 is 14.3 Å². The Morgan fingerprint density at radius 1 is 1.38 bits per heavy atom. The van der Waals surface area contributed by atoms with Crippen LogP contribution in [0.2, 0.25) is 0 Å². The summed E-state index contributed by atoms with van der Waals surface area (Å²) < 4.78 is 11.7. The van der Waals surface area contributed by atoms with Crippen LogP contribution in [0.1, 0.15) is 21.6 Å². The lowest BCUT2D eigenvalue weighted by atomic mass is 10.1. The summed E-state index contributed by atoms with van der Waals surface area (Å²) in [4.78, 5) is 11.7. The molecule has 0 aliphatic heterocycles. The minimum atomic E-state index is -0.470. The largest absolute Gasteiger partial charge is 0.496 e. The summed E-state index contributed by atoms with van der Waals surface area (Å²) in [6.07, 6.45) is 1.64. The Balaban J connectivity index is 2.43. The number of carbonyl (C=O) groups excluding carboxylic acids is 1. The Labute approximate surface area is 122 Å². The quantitative estimate of drug-likeness (QED) is 0.865. The molecule has 2 rings (SSSR count). The number of methoxy groups -OCH3 is 2. The van der Waals surface area contributed by atoms with Crippen LogP contribution in [-0.4, -0.2) is 24.8 Å². The number of aromatic nitrogens is 1. The van der Waals surface area contributed by atoms with Crippen LogP contribution in [0, 0.1) is 11.3 Å². The summed E-state index contributed by atoms with van der Waals surface area (Å²) in [7, 11) is 2.86. The lowest BCUT2D eigenvalue weighted by Crippen LogP contribution is -2.11. The van der Waals surface area contributed by atoms with Crippen molar-refractivity contribution in [2.75, 3.05) is 20.0 Å². The van der Waals surface area contributed by atoms with Gasteiger partial charge in [0.2, 0.25) is 0 Å². The Morgan fingerprint density at radius 2 is 2.14 bits per heavy atom. The number of rotatable bonds is 4. The van der Waals surface area contributed by atoms with E-state index in [0.29, 0.717) is 29.2 Å². The van der Waals surface area contributed by atoms with E-state index >= 15 is 0 Å². The van der Waals surface area contributed by atoms with E-state index in [-0.39, 0.29) is 0 Å². The number of carbonyl (C=O) groups is 1. The number of ether oxygens (including phenoxy) is 2. The van der Waals surface area contributed by atoms with Gasteiger partial charge < -0.3 is 19.8 Å². The van der Waals surface area contributed by atoms with E-state index in [1.807, 2.05) is 0 Å². The van der Waals surface area contributed by atoms with Gasteiger partial charge in [0, 0.05) is 11.8 Å². The van der Waals surface area contributed by atoms with Gasteiger partial charge in [-0.3, -0.25) is 0 Å². The Hall–Kier alpha value is -2.94. The third-order valence-electron chi connectivity index (χ3n) is 3.06. The fourth-order valence-electron chi connectivity index (χ4n) is 2.09. The summed E-state index contributed by atoms with van der Waals surface area (Å²) in [5.74, 6) is 0.166. The first-order valence-electron chi connectivity index (χ1n) is 6.20. The molecule has 0 bridgehead atoms. The number of hydrogen-bond acceptors (Lipinski definition) is 5. The Kier molecular flexibility index (Phi) is 4.14. The smallest absolute Gasteiger partial charge is 0.354 e. The average Bonchev–Trinajstić information content (AvgIpc) is 2.87. The van der Waals surface area contributed by atoms with Crippen LogP contribution in [0.5, 0.6) is 5.75 Å². The minimum absolute atomic E-state index is 0.347. The van der Waals surface area contributed by atoms with Gasteiger partial charge in [0.25, 0.3) is 0 Å². The molecule has 21 heavy (non-hydrogen) atoms. The lowest BCUT2D eigenvalue weighted by molar-refractivity contribution is 0.0589. The van der Waals surface area contributed by atoms with Crippen molar-refractivity contribution in [2.24, 2.45) is 0 Å². The molecule has 0 aliphatic rings. The molecule has 2 aromatic rings. The van der Waals surface area contributed by atoms with E-state index in [9.17, 15) is 4.79 Å². The predicted molar refractivity (Wildman–Crippen MR) is 77.0 cm³/mol. The first-order chi connectivity index (χ1) is 10.1. The van der Waals surface area contributed by atoms with Gasteiger partial charge >= 0.3 is 5.97 Å². The highest BCUT2D eigenvalue weighted by Crippen LogP contribution is 2.23. The molecule has 0 atom stereocenters. The minimum Gasteiger partial charge on any atom is -0.496 e. The van der Waals surface area contributed by atoms with Crippen LogP contribution >= 0.6 is 0 Å². The van der Waals surface area contributed by atoms with Gasteiger partial charge in [-0.1, -0.05) is 0 Å². The molecule has 0 unspecified atom stereocenters. The molecule has 1 aromatic heterocycles. The van der Waals surface area contributed by atoms with Crippen LogP contribution in [0.4, 0.5) is 5.69 Å². The standard InChI is InChI=1S/C15H15N3O3/c1-20-14-4-3-10(7-16)5-11(14)8-18-9-12(17)6-13(18)15(19)21-2/h3-6,9H,8,17H2,1-2H3. The zero-order valence-electron chi connectivity index (χ0n) is 11.8. The molecule has 0 spiro atoms. The van der Waals surface area contributed by atoms with Crippen LogP contribution in [0.3, 0.4) is 0 Å². The first-order valence-corrected chi connectivity index (χ1v) is 6.20. The number of hydrogen-bond donors (Lipinski definition) is 1. The number of anilines is 1. The van der Waals surface area contributed by atoms with Crippen molar-refractivity contribution in [3.8, 4) is 11.8 Å². The Morgan fingerprint density at radius 3 is 2.76 bits per heavy atom. The fourth-order valence-corrected chi connectivity index (χ4v) is 2.09. The van der Waals surface area contributed by atoms with Crippen LogP contribution < -0.4 is 10.5 Å². The van der Waals surface area contributed by atoms with E-state index in [4.69, 9.17) is 20.5 Å². The number of benzene rings is 1. The summed E-state index contributed by atoms with van der Waals surface area (Å²) in [6.45, 7) is 0.348. The van der Waals surface area contributed by atoms with E-state index in [2.05, 4.69) is 6.07 Å². The molecule has 6 nitrogen and oxygen atoms in total. The summed E-state index contributed by atoms with van der Waals surface area (Å²) in [6, 6.07) is 8.74. The monoisotopic (exact) mass is 285 g/mol. The molecule has 1 heterocycles. The number of esters is 1. The molecule has 1 aromatic carbocycles. The van der Waals surface area contributed by atoms with Crippen LogP contribution in [-0.2, 0) is 11.3 Å². The lowest BCUT2D eigenvalue weighted by Gasteiger charge is -2.11. The summed E-state index contributed by atoms with van der Waals surface area (Å²) in [5, 5.41) is 8.98. The Bertz CT molecular complexity index is 713. The molecule has 0 saturated heterocycles. The molecule has 0 radical (unpaired) electrons. The second-order valence-corrected chi connectivity index (χ2v) is 4.42.